The van der Waals surface area contributed by atoms with Crippen molar-refractivity contribution in [2.45, 2.75) is 26.2 Å². The second-order valence-corrected chi connectivity index (χ2v) is 7.40. The summed E-state index contributed by atoms with van der Waals surface area (Å²) in [4.78, 5) is 23.7. The van der Waals surface area contributed by atoms with E-state index in [-0.39, 0.29) is 11.8 Å². The summed E-state index contributed by atoms with van der Waals surface area (Å²) in [5.41, 5.74) is 2.09. The van der Waals surface area contributed by atoms with Crippen molar-refractivity contribution in [2.75, 3.05) is 23.3 Å². The maximum Gasteiger partial charge on any atom is 0.263 e. The van der Waals surface area contributed by atoms with E-state index in [0.717, 1.165) is 49.6 Å². The minimum Gasteiger partial charge on any atom is -0.436 e. The number of benzene rings is 2. The van der Waals surface area contributed by atoms with E-state index < -0.39 is 0 Å². The molecule has 1 amide bonds. The van der Waals surface area contributed by atoms with Gasteiger partial charge in [0.2, 0.25) is 5.91 Å². The van der Waals surface area contributed by atoms with E-state index in [1.54, 1.807) is 12.4 Å². The molecule has 0 atom stereocenters. The summed E-state index contributed by atoms with van der Waals surface area (Å²) in [5, 5.41) is 3.07. The second-order valence-electron chi connectivity index (χ2n) is 7.40. The third-order valence-electron chi connectivity index (χ3n) is 5.37. The lowest BCUT2D eigenvalue weighted by Gasteiger charge is -2.32. The van der Waals surface area contributed by atoms with Crippen LogP contribution in [0, 0.1) is 5.92 Å². The Morgan fingerprint density at radius 2 is 1.83 bits per heavy atom. The maximum atomic E-state index is 12.7. The molecule has 2 aromatic carbocycles. The molecule has 0 aliphatic carbocycles. The number of piperidine rings is 1. The van der Waals surface area contributed by atoms with Gasteiger partial charge in [-0.3, -0.25) is 4.79 Å². The minimum absolute atomic E-state index is 0.0123. The number of amides is 1. The predicted molar refractivity (Wildman–Crippen MR) is 118 cm³/mol. The average Bonchev–Trinajstić information content (AvgIpc) is 2.80. The molecule has 3 aromatic rings. The van der Waals surface area contributed by atoms with E-state index in [4.69, 9.17) is 4.74 Å². The average molecular weight is 402 g/mol. The molecule has 6 heteroatoms. The summed E-state index contributed by atoms with van der Waals surface area (Å²) in [6.45, 7) is 3.58. The molecule has 154 valence electrons. The van der Waals surface area contributed by atoms with Crippen molar-refractivity contribution in [1.29, 1.82) is 0 Å². The van der Waals surface area contributed by atoms with Gasteiger partial charge in [-0.05, 0) is 49.1 Å². The molecule has 1 saturated heterocycles. The molecule has 1 aliphatic heterocycles. The topological polar surface area (TPSA) is 67.4 Å². The van der Waals surface area contributed by atoms with Gasteiger partial charge in [-0.1, -0.05) is 37.3 Å². The molecule has 0 bridgehead atoms. The molecule has 1 N–H and O–H groups in total. The Labute approximate surface area is 176 Å². The van der Waals surface area contributed by atoms with Gasteiger partial charge in [0, 0.05) is 37.1 Å². The summed E-state index contributed by atoms with van der Waals surface area (Å²) in [6.07, 6.45) is 5.79. The van der Waals surface area contributed by atoms with Crippen molar-refractivity contribution in [3.63, 3.8) is 0 Å². The van der Waals surface area contributed by atoms with Gasteiger partial charge in [0.05, 0.1) is 0 Å². The number of aryl methyl sites for hydroxylation is 1. The Morgan fingerprint density at radius 1 is 1.07 bits per heavy atom. The smallest absolute Gasteiger partial charge is 0.263 e. The lowest BCUT2D eigenvalue weighted by Crippen LogP contribution is -2.38. The highest BCUT2D eigenvalue weighted by atomic mass is 16.5. The fraction of sp³-hybridized carbons (Fsp3) is 0.292. The Kier molecular flexibility index (Phi) is 6.23. The van der Waals surface area contributed by atoms with E-state index in [2.05, 4.69) is 33.2 Å². The number of rotatable bonds is 6. The lowest BCUT2D eigenvalue weighted by atomic mass is 9.95. The standard InChI is InChI=1S/C24H26N4O2/c1-2-18-7-6-8-20(17-18)27-23(29)19-11-15-28(16-12-19)22-24(26-14-13-25-22)30-21-9-4-3-5-10-21/h3-10,13-14,17,19H,2,11-12,15-16H2,1H3,(H,27,29). The quantitative estimate of drug-likeness (QED) is 0.648. The molecule has 0 saturated carbocycles. The van der Waals surface area contributed by atoms with E-state index >= 15 is 0 Å². The SMILES string of the molecule is CCc1cccc(NC(=O)C2CCN(c3nccnc3Oc3ccccc3)CC2)c1. The van der Waals surface area contributed by atoms with Gasteiger partial charge in [0.15, 0.2) is 5.82 Å². The van der Waals surface area contributed by atoms with E-state index in [9.17, 15) is 4.79 Å². The molecule has 6 nitrogen and oxygen atoms in total. The summed E-state index contributed by atoms with van der Waals surface area (Å²) < 4.78 is 5.94. The maximum absolute atomic E-state index is 12.7. The van der Waals surface area contributed by atoms with Crippen molar-refractivity contribution in [1.82, 2.24) is 9.97 Å². The molecule has 1 fully saturated rings. The number of nitrogens with one attached hydrogen (secondary N) is 1. The van der Waals surface area contributed by atoms with Crippen molar-refractivity contribution in [3.05, 3.63) is 72.6 Å². The summed E-state index contributed by atoms with van der Waals surface area (Å²) in [6, 6.07) is 17.6. The Morgan fingerprint density at radius 3 is 2.60 bits per heavy atom. The highest BCUT2D eigenvalue weighted by molar-refractivity contribution is 5.92. The van der Waals surface area contributed by atoms with Crippen molar-refractivity contribution in [3.8, 4) is 11.6 Å². The number of anilines is 2. The lowest BCUT2D eigenvalue weighted by molar-refractivity contribution is -0.120. The van der Waals surface area contributed by atoms with Crippen LogP contribution in [0.25, 0.3) is 0 Å². The van der Waals surface area contributed by atoms with Crippen LogP contribution in [-0.2, 0) is 11.2 Å². The van der Waals surface area contributed by atoms with Gasteiger partial charge in [0.1, 0.15) is 5.75 Å². The van der Waals surface area contributed by atoms with Gasteiger partial charge in [-0.2, -0.15) is 0 Å². The fourth-order valence-electron chi connectivity index (χ4n) is 3.67. The number of hydrogen-bond acceptors (Lipinski definition) is 5. The van der Waals surface area contributed by atoms with Gasteiger partial charge >= 0.3 is 0 Å². The summed E-state index contributed by atoms with van der Waals surface area (Å²) in [5.74, 6) is 2.01. The van der Waals surface area contributed by atoms with Crippen molar-refractivity contribution >= 4 is 17.4 Å². The molecule has 1 aromatic heterocycles. The molecule has 0 unspecified atom stereocenters. The molecule has 0 spiro atoms. The first-order valence-electron chi connectivity index (χ1n) is 10.4. The van der Waals surface area contributed by atoms with Crippen LogP contribution in [0.4, 0.5) is 11.5 Å². The summed E-state index contributed by atoms with van der Waals surface area (Å²) in [7, 11) is 0. The Balaban J connectivity index is 1.38. The predicted octanol–water partition coefficient (Wildman–Crippen LogP) is 4.69. The number of carbonyl (C=O) groups excluding carboxylic acids is 1. The first-order chi connectivity index (χ1) is 14.7. The van der Waals surface area contributed by atoms with Crippen molar-refractivity contribution < 1.29 is 9.53 Å². The highest BCUT2D eigenvalue weighted by Crippen LogP contribution is 2.31. The third-order valence-corrected chi connectivity index (χ3v) is 5.37. The highest BCUT2D eigenvalue weighted by Gasteiger charge is 2.27. The zero-order valence-electron chi connectivity index (χ0n) is 17.1. The van der Waals surface area contributed by atoms with Gasteiger partial charge in [-0.15, -0.1) is 0 Å². The normalized spacial score (nSPS) is 14.4. The van der Waals surface area contributed by atoms with Crippen LogP contribution in [0.2, 0.25) is 0 Å². The monoisotopic (exact) mass is 402 g/mol. The van der Waals surface area contributed by atoms with Crippen LogP contribution in [0.1, 0.15) is 25.3 Å². The number of para-hydroxylation sites is 1. The second kappa shape index (κ2) is 9.39. The molecular weight excluding hydrogens is 376 g/mol. The van der Waals surface area contributed by atoms with Crippen LogP contribution in [-0.4, -0.2) is 29.0 Å². The molecule has 1 aliphatic rings. The molecular formula is C24H26N4O2. The number of ether oxygens (including phenoxy) is 1. The molecule has 4 rings (SSSR count). The zero-order valence-corrected chi connectivity index (χ0v) is 17.1. The Bertz CT molecular complexity index is 985. The molecule has 0 radical (unpaired) electrons. The van der Waals surface area contributed by atoms with Gasteiger partial charge < -0.3 is 15.0 Å². The minimum atomic E-state index is -0.0123. The number of carbonyl (C=O) groups is 1. The van der Waals surface area contributed by atoms with Gasteiger partial charge in [0.25, 0.3) is 5.88 Å². The largest absolute Gasteiger partial charge is 0.436 e. The number of hydrogen-bond donors (Lipinski definition) is 1. The molecule has 30 heavy (non-hydrogen) atoms. The fourth-order valence-corrected chi connectivity index (χ4v) is 3.67. The molecule has 2 heterocycles. The van der Waals surface area contributed by atoms with Gasteiger partial charge in [-0.25, -0.2) is 9.97 Å². The number of aromatic nitrogens is 2. The van der Waals surface area contributed by atoms with E-state index in [0.29, 0.717) is 5.88 Å². The first kappa shape index (κ1) is 19.9. The van der Waals surface area contributed by atoms with E-state index in [1.165, 1.54) is 5.56 Å². The van der Waals surface area contributed by atoms with Crippen LogP contribution in [0.5, 0.6) is 11.6 Å². The first-order valence-corrected chi connectivity index (χ1v) is 10.4. The van der Waals surface area contributed by atoms with Crippen molar-refractivity contribution in [2.24, 2.45) is 5.92 Å². The zero-order chi connectivity index (χ0) is 20.8. The van der Waals surface area contributed by atoms with Crippen LogP contribution in [0.3, 0.4) is 0 Å². The Hall–Kier alpha value is -3.41. The van der Waals surface area contributed by atoms with Crippen LogP contribution in [0.15, 0.2) is 67.0 Å². The van der Waals surface area contributed by atoms with Crippen LogP contribution < -0.4 is 15.0 Å². The van der Waals surface area contributed by atoms with E-state index in [1.807, 2.05) is 48.5 Å². The third kappa shape index (κ3) is 4.76. The van der Waals surface area contributed by atoms with Crippen LogP contribution >= 0.6 is 0 Å². The summed E-state index contributed by atoms with van der Waals surface area (Å²) >= 11 is 0. The number of nitrogens with zero attached hydrogens (tertiary/aromatic N) is 3.